The normalized spacial score (nSPS) is 19.7. The summed E-state index contributed by atoms with van der Waals surface area (Å²) in [4.78, 5) is 42.6. The fourth-order valence-electron chi connectivity index (χ4n) is 3.97. The van der Waals surface area contributed by atoms with Crippen LogP contribution in [-0.2, 0) is 27.3 Å². The summed E-state index contributed by atoms with van der Waals surface area (Å²) in [5.41, 5.74) is 1.95. The van der Waals surface area contributed by atoms with Gasteiger partial charge in [-0.15, -0.1) is 11.3 Å². The lowest BCUT2D eigenvalue weighted by molar-refractivity contribution is -0.122. The third kappa shape index (κ3) is 6.11. The minimum absolute atomic E-state index is 0.0484. The zero-order valence-electron chi connectivity index (χ0n) is 17.3. The average Bonchev–Trinajstić information content (AvgIpc) is 3.39. The van der Waals surface area contributed by atoms with Crippen LogP contribution in [0.5, 0.6) is 0 Å². The molecule has 3 heterocycles. The molecule has 0 aliphatic carbocycles. The lowest BCUT2D eigenvalue weighted by atomic mass is 10.0. The number of carbonyl (C=O) groups is 3. The summed E-state index contributed by atoms with van der Waals surface area (Å²) < 4.78 is 0. The number of rotatable bonds is 7. The van der Waals surface area contributed by atoms with Crippen LogP contribution in [0.3, 0.4) is 0 Å². The number of amides is 3. The average molecular weight is 442 g/mol. The zero-order chi connectivity index (χ0) is 21.6. The number of nitrogens with one attached hydrogen (secondary N) is 3. The van der Waals surface area contributed by atoms with Crippen LogP contribution in [0.1, 0.15) is 36.9 Å². The fraction of sp³-hybridized carbons (Fsp3) is 0.455. The van der Waals surface area contributed by atoms with Crippen LogP contribution in [0.2, 0.25) is 0 Å². The number of thiazole rings is 1. The molecule has 31 heavy (non-hydrogen) atoms. The first-order chi connectivity index (χ1) is 15.0. The monoisotopic (exact) mass is 441 g/mol. The Labute approximate surface area is 185 Å². The lowest BCUT2D eigenvalue weighted by Gasteiger charge is -2.32. The number of hydrogen-bond donors (Lipinski definition) is 3. The van der Waals surface area contributed by atoms with Crippen molar-refractivity contribution >= 4 is 34.2 Å². The molecule has 1 aromatic carbocycles. The van der Waals surface area contributed by atoms with E-state index in [-0.39, 0.29) is 30.2 Å². The molecular weight excluding hydrogens is 414 g/mol. The molecule has 1 aromatic heterocycles. The number of benzene rings is 1. The first-order valence-corrected chi connectivity index (χ1v) is 11.5. The highest BCUT2D eigenvalue weighted by molar-refractivity contribution is 7.13. The molecule has 2 aliphatic rings. The van der Waals surface area contributed by atoms with E-state index in [1.165, 1.54) is 16.9 Å². The molecule has 2 fully saturated rings. The van der Waals surface area contributed by atoms with Gasteiger partial charge in [-0.2, -0.15) is 0 Å². The van der Waals surface area contributed by atoms with E-state index in [0.717, 1.165) is 32.5 Å². The van der Waals surface area contributed by atoms with Crippen LogP contribution < -0.4 is 16.0 Å². The van der Waals surface area contributed by atoms with Crippen molar-refractivity contribution in [3.63, 3.8) is 0 Å². The van der Waals surface area contributed by atoms with Gasteiger partial charge in [0.05, 0.1) is 12.1 Å². The van der Waals surface area contributed by atoms with Gasteiger partial charge < -0.3 is 16.0 Å². The van der Waals surface area contributed by atoms with E-state index in [4.69, 9.17) is 0 Å². The molecular formula is C22H27N5O3S. The largest absolute Gasteiger partial charge is 0.353 e. The zero-order valence-corrected chi connectivity index (χ0v) is 18.1. The van der Waals surface area contributed by atoms with Crippen molar-refractivity contribution in [2.45, 2.75) is 50.7 Å². The highest BCUT2D eigenvalue weighted by Crippen LogP contribution is 2.18. The molecule has 164 valence electrons. The van der Waals surface area contributed by atoms with Crippen LogP contribution in [0.4, 0.5) is 5.13 Å². The van der Waals surface area contributed by atoms with Gasteiger partial charge in [-0.1, -0.05) is 30.3 Å². The number of aromatic nitrogens is 1. The number of likely N-dealkylation sites (tertiary alicyclic amines) is 1. The van der Waals surface area contributed by atoms with Crippen molar-refractivity contribution in [1.82, 2.24) is 20.5 Å². The molecule has 3 N–H and O–H groups in total. The third-order valence-electron chi connectivity index (χ3n) is 5.64. The molecule has 0 saturated carbocycles. The summed E-state index contributed by atoms with van der Waals surface area (Å²) in [6.45, 7) is 2.87. The number of piperidine rings is 1. The van der Waals surface area contributed by atoms with Crippen LogP contribution in [-0.4, -0.2) is 52.8 Å². The Hall–Kier alpha value is -2.78. The highest BCUT2D eigenvalue weighted by atomic mass is 32.1. The third-order valence-corrected chi connectivity index (χ3v) is 6.44. The number of nitrogens with zero attached hydrogens (tertiary/aromatic N) is 2. The first kappa shape index (κ1) is 21.5. The quantitative estimate of drug-likeness (QED) is 0.607. The van der Waals surface area contributed by atoms with E-state index in [9.17, 15) is 14.4 Å². The van der Waals surface area contributed by atoms with Gasteiger partial charge in [0.1, 0.15) is 6.04 Å². The van der Waals surface area contributed by atoms with Crippen molar-refractivity contribution in [2.24, 2.45) is 0 Å². The first-order valence-electron chi connectivity index (χ1n) is 10.7. The van der Waals surface area contributed by atoms with Gasteiger partial charge in [-0.3, -0.25) is 19.3 Å². The molecule has 0 bridgehead atoms. The highest BCUT2D eigenvalue weighted by Gasteiger charge is 2.27. The standard InChI is InChI=1S/C22H27N5O3S/c28-19-7-6-18(25-19)21(30)26-22-24-17(14-31-22)12-20(29)23-16-8-10-27(11-9-16)13-15-4-2-1-3-5-15/h1-5,14,16,18H,6-13H2,(H,23,29)(H,25,28)(H,24,26,30). The molecule has 0 spiro atoms. The molecule has 0 radical (unpaired) electrons. The summed E-state index contributed by atoms with van der Waals surface area (Å²) in [6.07, 6.45) is 2.92. The van der Waals surface area contributed by atoms with Crippen LogP contribution in [0.15, 0.2) is 35.7 Å². The van der Waals surface area contributed by atoms with E-state index in [0.29, 0.717) is 23.7 Å². The molecule has 8 nitrogen and oxygen atoms in total. The maximum absolute atomic E-state index is 12.4. The van der Waals surface area contributed by atoms with E-state index >= 15 is 0 Å². The Morgan fingerprint density at radius 1 is 1.16 bits per heavy atom. The lowest BCUT2D eigenvalue weighted by Crippen LogP contribution is -2.44. The maximum Gasteiger partial charge on any atom is 0.248 e. The van der Waals surface area contributed by atoms with E-state index in [1.807, 2.05) is 6.07 Å². The summed E-state index contributed by atoms with van der Waals surface area (Å²) in [6, 6.07) is 10.1. The molecule has 9 heteroatoms. The Kier molecular flexibility index (Phi) is 6.93. The Bertz CT molecular complexity index is 924. The molecule has 1 atom stereocenters. The summed E-state index contributed by atoms with van der Waals surface area (Å²) in [5, 5.41) is 10.7. The summed E-state index contributed by atoms with van der Waals surface area (Å²) in [5.74, 6) is -0.422. The van der Waals surface area contributed by atoms with E-state index in [1.54, 1.807) is 5.38 Å². The molecule has 4 rings (SSSR count). The van der Waals surface area contributed by atoms with Crippen molar-refractivity contribution in [1.29, 1.82) is 0 Å². The van der Waals surface area contributed by atoms with Gasteiger partial charge in [-0.25, -0.2) is 4.98 Å². The molecule has 2 aromatic rings. The molecule has 2 saturated heterocycles. The van der Waals surface area contributed by atoms with Gasteiger partial charge in [0, 0.05) is 37.5 Å². The van der Waals surface area contributed by atoms with Crippen LogP contribution in [0.25, 0.3) is 0 Å². The van der Waals surface area contributed by atoms with Crippen molar-refractivity contribution < 1.29 is 14.4 Å². The Morgan fingerprint density at radius 3 is 2.65 bits per heavy atom. The van der Waals surface area contributed by atoms with E-state index < -0.39 is 6.04 Å². The predicted octanol–water partition coefficient (Wildman–Crippen LogP) is 1.68. The van der Waals surface area contributed by atoms with Gasteiger partial charge >= 0.3 is 0 Å². The van der Waals surface area contributed by atoms with Gasteiger partial charge in [-0.05, 0) is 24.8 Å². The SMILES string of the molecule is O=C(Cc1csc(NC(=O)C2CCC(=O)N2)n1)NC1CCN(Cc2ccccc2)CC1. The smallest absolute Gasteiger partial charge is 0.248 e. The van der Waals surface area contributed by atoms with Crippen LogP contribution in [0, 0.1) is 0 Å². The van der Waals surface area contributed by atoms with Crippen molar-refractivity contribution in [3.8, 4) is 0 Å². The Balaban J connectivity index is 1.18. The minimum Gasteiger partial charge on any atom is -0.353 e. The molecule has 1 unspecified atom stereocenters. The summed E-state index contributed by atoms with van der Waals surface area (Å²) >= 11 is 1.28. The van der Waals surface area contributed by atoms with Crippen molar-refractivity contribution in [2.75, 3.05) is 18.4 Å². The number of carbonyl (C=O) groups excluding carboxylic acids is 3. The molecule has 3 amide bonds. The maximum atomic E-state index is 12.4. The van der Waals surface area contributed by atoms with Crippen LogP contribution >= 0.6 is 11.3 Å². The fourth-order valence-corrected chi connectivity index (χ4v) is 4.68. The van der Waals surface area contributed by atoms with Gasteiger partial charge in [0.2, 0.25) is 17.7 Å². The summed E-state index contributed by atoms with van der Waals surface area (Å²) in [7, 11) is 0. The number of anilines is 1. The number of hydrogen-bond acceptors (Lipinski definition) is 6. The topological polar surface area (TPSA) is 103 Å². The predicted molar refractivity (Wildman–Crippen MR) is 118 cm³/mol. The second-order valence-corrected chi connectivity index (χ2v) is 8.93. The Morgan fingerprint density at radius 2 is 1.94 bits per heavy atom. The van der Waals surface area contributed by atoms with E-state index in [2.05, 4.69) is 50.1 Å². The minimum atomic E-state index is -0.504. The van der Waals surface area contributed by atoms with Gasteiger partial charge in [0.15, 0.2) is 5.13 Å². The van der Waals surface area contributed by atoms with Crippen molar-refractivity contribution in [3.05, 3.63) is 47.0 Å². The molecule has 2 aliphatic heterocycles. The van der Waals surface area contributed by atoms with Gasteiger partial charge in [0.25, 0.3) is 0 Å². The second kappa shape index (κ2) is 10.0. The second-order valence-electron chi connectivity index (χ2n) is 8.07.